The molecule has 2 atom stereocenters. The van der Waals surface area contributed by atoms with Gasteiger partial charge in [-0.2, -0.15) is 0 Å². The van der Waals surface area contributed by atoms with Crippen molar-refractivity contribution in [3.63, 3.8) is 0 Å². The van der Waals surface area contributed by atoms with E-state index in [4.69, 9.17) is 0 Å². The molecular weight excluding hydrogens is 324 g/mol. The zero-order valence-corrected chi connectivity index (χ0v) is 14.7. The molecule has 0 saturated carbocycles. The number of carbonyl (C=O) groups is 1. The lowest BCUT2D eigenvalue weighted by Gasteiger charge is -2.23. The standard InChI is InChI=1S/C23H22O3/c1-16(17-9-4-2-5-10-17)15-21(18-11-6-3-7-12-18)19-13-8-14-20(22(19)24)23(25)26/h2-14,16,21,24H,15H2,1H3,(H,25,26). The van der Waals surface area contributed by atoms with Crippen molar-refractivity contribution in [1.29, 1.82) is 0 Å². The summed E-state index contributed by atoms with van der Waals surface area (Å²) in [5.74, 6) is -1.10. The number of para-hydroxylation sites is 1. The molecule has 0 amide bonds. The summed E-state index contributed by atoms with van der Waals surface area (Å²) in [5.41, 5.74) is 2.88. The number of hydrogen-bond acceptors (Lipinski definition) is 2. The molecule has 0 saturated heterocycles. The van der Waals surface area contributed by atoms with Crippen LogP contribution in [-0.4, -0.2) is 16.2 Å². The van der Waals surface area contributed by atoms with Crippen LogP contribution in [-0.2, 0) is 0 Å². The molecule has 0 fully saturated rings. The van der Waals surface area contributed by atoms with E-state index in [1.165, 1.54) is 11.6 Å². The van der Waals surface area contributed by atoms with Gasteiger partial charge in [0, 0.05) is 11.5 Å². The second-order valence-electron chi connectivity index (χ2n) is 6.56. The lowest BCUT2D eigenvalue weighted by molar-refractivity contribution is 0.0693. The normalized spacial score (nSPS) is 13.1. The van der Waals surface area contributed by atoms with E-state index in [0.717, 1.165) is 12.0 Å². The molecule has 0 heterocycles. The van der Waals surface area contributed by atoms with E-state index in [-0.39, 0.29) is 23.1 Å². The molecule has 0 aliphatic heterocycles. The Kier molecular flexibility index (Phi) is 5.37. The van der Waals surface area contributed by atoms with Gasteiger partial charge in [-0.05, 0) is 29.5 Å². The highest BCUT2D eigenvalue weighted by Crippen LogP contribution is 2.39. The number of aromatic hydroxyl groups is 1. The first-order valence-electron chi connectivity index (χ1n) is 8.73. The van der Waals surface area contributed by atoms with Gasteiger partial charge in [-0.1, -0.05) is 79.7 Å². The molecule has 2 N–H and O–H groups in total. The van der Waals surface area contributed by atoms with Crippen LogP contribution in [0.4, 0.5) is 0 Å². The van der Waals surface area contributed by atoms with Crippen LogP contribution in [0.5, 0.6) is 5.75 Å². The van der Waals surface area contributed by atoms with Crippen LogP contribution in [0.3, 0.4) is 0 Å². The summed E-state index contributed by atoms with van der Waals surface area (Å²) in [6, 6.07) is 25.1. The molecule has 3 aromatic carbocycles. The topological polar surface area (TPSA) is 57.5 Å². The van der Waals surface area contributed by atoms with Crippen LogP contribution in [0.1, 0.15) is 52.2 Å². The predicted molar refractivity (Wildman–Crippen MR) is 103 cm³/mol. The fourth-order valence-electron chi connectivity index (χ4n) is 3.41. The Balaban J connectivity index is 2.03. The second-order valence-corrected chi connectivity index (χ2v) is 6.56. The monoisotopic (exact) mass is 346 g/mol. The molecule has 3 rings (SSSR count). The maximum absolute atomic E-state index is 11.4. The first kappa shape index (κ1) is 17.7. The van der Waals surface area contributed by atoms with Gasteiger partial charge in [-0.25, -0.2) is 4.79 Å². The number of carboxylic acid groups (broad SMARTS) is 1. The van der Waals surface area contributed by atoms with Crippen molar-refractivity contribution < 1.29 is 15.0 Å². The van der Waals surface area contributed by atoms with Crippen molar-refractivity contribution in [2.75, 3.05) is 0 Å². The Morgan fingerprint density at radius 2 is 1.42 bits per heavy atom. The van der Waals surface area contributed by atoms with E-state index in [2.05, 4.69) is 19.1 Å². The number of carboxylic acids is 1. The molecule has 3 aromatic rings. The fraction of sp³-hybridized carbons (Fsp3) is 0.174. The molecule has 0 bridgehead atoms. The van der Waals surface area contributed by atoms with Gasteiger partial charge in [0.25, 0.3) is 0 Å². The van der Waals surface area contributed by atoms with Gasteiger partial charge < -0.3 is 10.2 Å². The van der Waals surface area contributed by atoms with Gasteiger partial charge in [-0.15, -0.1) is 0 Å². The summed E-state index contributed by atoms with van der Waals surface area (Å²) >= 11 is 0. The minimum Gasteiger partial charge on any atom is -0.507 e. The van der Waals surface area contributed by atoms with Crippen LogP contribution in [0, 0.1) is 0 Å². The number of benzene rings is 3. The highest BCUT2D eigenvalue weighted by molar-refractivity contribution is 5.91. The summed E-state index contributed by atoms with van der Waals surface area (Å²) in [5, 5.41) is 19.9. The summed E-state index contributed by atoms with van der Waals surface area (Å²) in [6.45, 7) is 2.16. The van der Waals surface area contributed by atoms with E-state index in [1.54, 1.807) is 6.07 Å². The number of phenols is 1. The third-order valence-electron chi connectivity index (χ3n) is 4.83. The average Bonchev–Trinajstić information content (AvgIpc) is 2.67. The minimum absolute atomic E-state index is 0.0594. The van der Waals surface area contributed by atoms with Gasteiger partial charge in [0.05, 0.1) is 0 Å². The van der Waals surface area contributed by atoms with E-state index in [0.29, 0.717) is 5.56 Å². The summed E-state index contributed by atoms with van der Waals surface area (Å²) < 4.78 is 0. The molecule has 132 valence electrons. The van der Waals surface area contributed by atoms with Crippen molar-refractivity contribution in [2.24, 2.45) is 0 Å². The zero-order valence-electron chi connectivity index (χ0n) is 14.7. The second kappa shape index (κ2) is 7.87. The summed E-state index contributed by atoms with van der Waals surface area (Å²) in [6.07, 6.45) is 0.769. The van der Waals surface area contributed by atoms with Crippen molar-refractivity contribution >= 4 is 5.97 Å². The third-order valence-corrected chi connectivity index (χ3v) is 4.83. The maximum Gasteiger partial charge on any atom is 0.339 e. The van der Waals surface area contributed by atoms with Gasteiger partial charge in [-0.3, -0.25) is 0 Å². The molecule has 0 spiro atoms. The van der Waals surface area contributed by atoms with Crippen molar-refractivity contribution in [3.8, 4) is 5.75 Å². The first-order valence-corrected chi connectivity index (χ1v) is 8.73. The SMILES string of the molecule is CC(CC(c1ccccc1)c1cccc(C(=O)O)c1O)c1ccccc1. The van der Waals surface area contributed by atoms with Gasteiger partial charge in [0.2, 0.25) is 0 Å². The minimum atomic E-state index is -1.12. The molecule has 26 heavy (non-hydrogen) atoms. The summed E-state index contributed by atoms with van der Waals surface area (Å²) in [4.78, 5) is 11.4. The Labute approximate surface area is 153 Å². The first-order chi connectivity index (χ1) is 12.6. The molecule has 0 aromatic heterocycles. The number of aromatic carboxylic acids is 1. The fourth-order valence-corrected chi connectivity index (χ4v) is 3.41. The largest absolute Gasteiger partial charge is 0.507 e. The third kappa shape index (κ3) is 3.77. The van der Waals surface area contributed by atoms with Gasteiger partial charge in [0.1, 0.15) is 11.3 Å². The lowest BCUT2D eigenvalue weighted by Crippen LogP contribution is -2.08. The van der Waals surface area contributed by atoms with Crippen LogP contribution < -0.4 is 0 Å². The Hall–Kier alpha value is -3.07. The van der Waals surface area contributed by atoms with Crippen LogP contribution in [0.2, 0.25) is 0 Å². The molecule has 0 aliphatic rings. The molecule has 0 aliphatic carbocycles. The smallest absolute Gasteiger partial charge is 0.339 e. The highest BCUT2D eigenvalue weighted by atomic mass is 16.4. The van der Waals surface area contributed by atoms with Crippen LogP contribution >= 0.6 is 0 Å². The Bertz CT molecular complexity index is 872. The number of rotatable bonds is 6. The molecule has 3 nitrogen and oxygen atoms in total. The van der Waals surface area contributed by atoms with E-state index < -0.39 is 5.97 Å². The maximum atomic E-state index is 11.4. The molecule has 0 radical (unpaired) electrons. The average molecular weight is 346 g/mol. The Morgan fingerprint density at radius 3 is 2.00 bits per heavy atom. The predicted octanol–water partition coefficient (Wildman–Crippen LogP) is 5.42. The van der Waals surface area contributed by atoms with Crippen LogP contribution in [0.25, 0.3) is 0 Å². The molecular formula is C23H22O3. The van der Waals surface area contributed by atoms with Crippen LogP contribution in [0.15, 0.2) is 78.9 Å². The van der Waals surface area contributed by atoms with E-state index in [1.807, 2.05) is 54.6 Å². The lowest BCUT2D eigenvalue weighted by atomic mass is 9.81. The van der Waals surface area contributed by atoms with Crippen molar-refractivity contribution in [1.82, 2.24) is 0 Å². The van der Waals surface area contributed by atoms with E-state index >= 15 is 0 Å². The van der Waals surface area contributed by atoms with Gasteiger partial charge >= 0.3 is 5.97 Å². The molecule has 3 heteroatoms. The van der Waals surface area contributed by atoms with Gasteiger partial charge in [0.15, 0.2) is 0 Å². The van der Waals surface area contributed by atoms with Crippen molar-refractivity contribution in [3.05, 3.63) is 101 Å². The number of hydrogen-bond donors (Lipinski definition) is 2. The summed E-state index contributed by atoms with van der Waals surface area (Å²) in [7, 11) is 0. The van der Waals surface area contributed by atoms with Crippen molar-refractivity contribution in [2.45, 2.75) is 25.2 Å². The van der Waals surface area contributed by atoms with E-state index in [9.17, 15) is 15.0 Å². The molecule has 2 unspecified atom stereocenters. The quantitative estimate of drug-likeness (QED) is 0.627. The zero-order chi connectivity index (χ0) is 18.5. The Morgan fingerprint density at radius 1 is 0.846 bits per heavy atom. The highest BCUT2D eigenvalue weighted by Gasteiger charge is 2.23.